The molecule has 2 amide bonds. The number of hydrogen-bond acceptors (Lipinski definition) is 4. The van der Waals surface area contributed by atoms with Gasteiger partial charge in [-0.3, -0.25) is 14.9 Å². The summed E-state index contributed by atoms with van der Waals surface area (Å²) in [5.41, 5.74) is 2.81. The molecule has 0 unspecified atom stereocenters. The van der Waals surface area contributed by atoms with Gasteiger partial charge in [0, 0.05) is 28.2 Å². The number of hydrogen-bond donors (Lipinski definition) is 3. The van der Waals surface area contributed by atoms with Crippen LogP contribution in [0.4, 0.5) is 5.69 Å². The number of thiocarbonyl (C=S) groups is 1. The molecule has 8 heteroatoms. The molecule has 0 aromatic heterocycles. The van der Waals surface area contributed by atoms with Crippen molar-refractivity contribution in [1.82, 2.24) is 10.6 Å². The molecule has 1 aliphatic rings. The summed E-state index contributed by atoms with van der Waals surface area (Å²) >= 11 is 8.78. The topological polar surface area (TPSA) is 79.5 Å². The van der Waals surface area contributed by atoms with Gasteiger partial charge < -0.3 is 15.4 Å². The Labute approximate surface area is 231 Å². The number of carbonyl (C=O) groups excluding carboxylic acids is 2. The van der Waals surface area contributed by atoms with E-state index in [0.29, 0.717) is 29.2 Å². The summed E-state index contributed by atoms with van der Waals surface area (Å²) in [4.78, 5) is 25.5. The van der Waals surface area contributed by atoms with Gasteiger partial charge in [0.2, 0.25) is 0 Å². The van der Waals surface area contributed by atoms with E-state index in [1.165, 1.54) is 6.42 Å². The van der Waals surface area contributed by atoms with Crippen LogP contribution in [0.3, 0.4) is 0 Å². The number of benzene rings is 3. The molecule has 0 heterocycles. The second-order valence-electron chi connectivity index (χ2n) is 9.02. The first-order chi connectivity index (χ1) is 18.0. The van der Waals surface area contributed by atoms with Crippen molar-refractivity contribution >= 4 is 50.8 Å². The summed E-state index contributed by atoms with van der Waals surface area (Å²) in [5.74, 6) is 0.0357. The Bertz CT molecular complexity index is 1230. The average molecular weight is 581 g/mol. The second kappa shape index (κ2) is 13.4. The first-order valence-corrected chi connectivity index (χ1v) is 13.7. The van der Waals surface area contributed by atoms with Crippen LogP contribution in [-0.2, 0) is 6.42 Å². The fraction of sp³-hybridized carbons (Fsp3) is 0.276. The Morgan fingerprint density at radius 3 is 2.38 bits per heavy atom. The van der Waals surface area contributed by atoms with Crippen molar-refractivity contribution < 1.29 is 14.3 Å². The summed E-state index contributed by atoms with van der Waals surface area (Å²) in [6, 6.07) is 22.6. The molecule has 0 spiro atoms. The van der Waals surface area contributed by atoms with Crippen LogP contribution >= 0.6 is 28.1 Å². The highest BCUT2D eigenvalue weighted by Crippen LogP contribution is 2.24. The molecular formula is C29H30BrN3O3S. The first kappa shape index (κ1) is 26.8. The SMILES string of the molecule is O=C(NC1CCCCC1)c1ccc(NC(=S)NC(=O)c2cc(Br)ccc2OCCc2ccccc2)cc1. The lowest BCUT2D eigenvalue weighted by molar-refractivity contribution is 0.0926. The number of halogens is 1. The van der Waals surface area contributed by atoms with Crippen molar-refractivity contribution in [2.45, 2.75) is 44.6 Å². The third-order valence-corrected chi connectivity index (χ3v) is 6.95. The molecule has 0 aliphatic heterocycles. The molecule has 192 valence electrons. The standard InChI is InChI=1S/C29H30BrN3O3S/c30-22-13-16-26(36-18-17-20-7-3-1-4-8-20)25(19-22)28(35)33-29(37)32-24-14-11-21(12-15-24)27(34)31-23-9-5-2-6-10-23/h1,3-4,7-8,11-16,19,23H,2,5-6,9-10,17-18H2,(H,31,34)(H2,32,33,35,37). The average Bonchev–Trinajstić information content (AvgIpc) is 2.91. The summed E-state index contributed by atoms with van der Waals surface area (Å²) in [6.45, 7) is 0.440. The highest BCUT2D eigenvalue weighted by atomic mass is 79.9. The van der Waals surface area contributed by atoms with Crippen molar-refractivity contribution in [3.05, 3.63) is 94.0 Å². The zero-order chi connectivity index (χ0) is 26.0. The number of amides is 2. The smallest absolute Gasteiger partial charge is 0.261 e. The molecule has 3 N–H and O–H groups in total. The highest BCUT2D eigenvalue weighted by Gasteiger charge is 2.17. The largest absolute Gasteiger partial charge is 0.492 e. The lowest BCUT2D eigenvalue weighted by Crippen LogP contribution is -2.36. The Morgan fingerprint density at radius 1 is 0.919 bits per heavy atom. The fourth-order valence-corrected chi connectivity index (χ4v) is 4.85. The maximum Gasteiger partial charge on any atom is 0.261 e. The molecule has 0 bridgehead atoms. The Balaban J connectivity index is 1.31. The van der Waals surface area contributed by atoms with E-state index in [9.17, 15) is 9.59 Å². The van der Waals surface area contributed by atoms with E-state index in [1.807, 2.05) is 36.4 Å². The molecular weight excluding hydrogens is 550 g/mol. The van der Waals surface area contributed by atoms with Gasteiger partial charge >= 0.3 is 0 Å². The van der Waals surface area contributed by atoms with E-state index < -0.39 is 0 Å². The van der Waals surface area contributed by atoms with Crippen LogP contribution in [-0.4, -0.2) is 29.6 Å². The molecule has 3 aromatic rings. The fourth-order valence-electron chi connectivity index (χ4n) is 4.28. The van der Waals surface area contributed by atoms with E-state index in [0.717, 1.165) is 42.1 Å². The van der Waals surface area contributed by atoms with Crippen molar-refractivity contribution in [1.29, 1.82) is 0 Å². The van der Waals surface area contributed by atoms with E-state index in [4.69, 9.17) is 17.0 Å². The first-order valence-electron chi connectivity index (χ1n) is 12.5. The molecule has 3 aromatic carbocycles. The van der Waals surface area contributed by atoms with Gasteiger partial charge in [-0.2, -0.15) is 0 Å². The molecule has 0 radical (unpaired) electrons. The number of rotatable bonds is 8. The van der Waals surface area contributed by atoms with Crippen LogP contribution in [0.15, 0.2) is 77.3 Å². The number of carbonyl (C=O) groups is 2. The van der Waals surface area contributed by atoms with Gasteiger partial charge in [-0.15, -0.1) is 0 Å². The van der Waals surface area contributed by atoms with Gasteiger partial charge in [-0.05, 0) is 73.1 Å². The van der Waals surface area contributed by atoms with Gasteiger partial charge in [-0.1, -0.05) is 65.5 Å². The third kappa shape index (κ3) is 8.13. The van der Waals surface area contributed by atoms with Crippen LogP contribution < -0.4 is 20.7 Å². The third-order valence-electron chi connectivity index (χ3n) is 6.25. The minimum Gasteiger partial charge on any atom is -0.492 e. The molecule has 0 atom stereocenters. The predicted molar refractivity (Wildman–Crippen MR) is 154 cm³/mol. The summed E-state index contributed by atoms with van der Waals surface area (Å²) in [5, 5.41) is 8.99. The number of ether oxygens (including phenoxy) is 1. The number of anilines is 1. The Kier molecular flexibility index (Phi) is 9.68. The monoisotopic (exact) mass is 579 g/mol. The molecule has 1 saturated carbocycles. The molecule has 37 heavy (non-hydrogen) atoms. The Morgan fingerprint density at radius 2 is 1.65 bits per heavy atom. The summed E-state index contributed by atoms with van der Waals surface area (Å²) in [6.07, 6.45) is 6.38. The summed E-state index contributed by atoms with van der Waals surface area (Å²) < 4.78 is 6.68. The van der Waals surface area contributed by atoms with Crippen molar-refractivity contribution in [3.63, 3.8) is 0 Å². The zero-order valence-corrected chi connectivity index (χ0v) is 22.9. The maximum atomic E-state index is 13.0. The van der Waals surface area contributed by atoms with Crippen molar-refractivity contribution in [2.75, 3.05) is 11.9 Å². The van der Waals surface area contributed by atoms with Crippen LogP contribution in [0.1, 0.15) is 58.4 Å². The van der Waals surface area contributed by atoms with Gasteiger partial charge in [0.15, 0.2) is 5.11 Å². The normalized spacial score (nSPS) is 13.4. The van der Waals surface area contributed by atoms with E-state index in [1.54, 1.807) is 36.4 Å². The lowest BCUT2D eigenvalue weighted by atomic mass is 9.95. The van der Waals surface area contributed by atoms with Gasteiger partial charge in [-0.25, -0.2) is 0 Å². The quantitative estimate of drug-likeness (QED) is 0.274. The lowest BCUT2D eigenvalue weighted by Gasteiger charge is -2.22. The van der Waals surface area contributed by atoms with E-state index >= 15 is 0 Å². The maximum absolute atomic E-state index is 13.0. The predicted octanol–water partition coefficient (Wildman–Crippen LogP) is 6.26. The second-order valence-corrected chi connectivity index (χ2v) is 10.3. The Hall–Kier alpha value is -3.23. The molecule has 0 saturated heterocycles. The minimum absolute atomic E-state index is 0.0659. The van der Waals surface area contributed by atoms with E-state index in [-0.39, 0.29) is 23.0 Å². The van der Waals surface area contributed by atoms with Gasteiger partial charge in [0.1, 0.15) is 5.75 Å². The zero-order valence-electron chi connectivity index (χ0n) is 20.5. The van der Waals surface area contributed by atoms with Crippen LogP contribution in [0.2, 0.25) is 0 Å². The van der Waals surface area contributed by atoms with Gasteiger partial charge in [0.25, 0.3) is 11.8 Å². The number of nitrogens with one attached hydrogen (secondary N) is 3. The molecule has 1 fully saturated rings. The minimum atomic E-state index is -0.378. The molecule has 4 rings (SSSR count). The highest BCUT2D eigenvalue weighted by molar-refractivity contribution is 9.10. The summed E-state index contributed by atoms with van der Waals surface area (Å²) in [7, 11) is 0. The molecule has 6 nitrogen and oxygen atoms in total. The van der Waals surface area contributed by atoms with E-state index in [2.05, 4.69) is 31.9 Å². The molecule has 1 aliphatic carbocycles. The van der Waals surface area contributed by atoms with Crippen LogP contribution in [0.25, 0.3) is 0 Å². The van der Waals surface area contributed by atoms with Crippen molar-refractivity contribution in [2.24, 2.45) is 0 Å². The van der Waals surface area contributed by atoms with Gasteiger partial charge in [0.05, 0.1) is 12.2 Å². The van der Waals surface area contributed by atoms with Crippen molar-refractivity contribution in [3.8, 4) is 5.75 Å². The van der Waals surface area contributed by atoms with Crippen LogP contribution in [0, 0.1) is 0 Å². The van der Waals surface area contributed by atoms with Crippen LogP contribution in [0.5, 0.6) is 5.75 Å².